The van der Waals surface area contributed by atoms with Crippen molar-refractivity contribution >= 4 is 5.97 Å². The normalized spacial score (nSPS) is 43.2. The molecule has 3 fully saturated rings. The van der Waals surface area contributed by atoms with Gasteiger partial charge in [0.15, 0.2) is 0 Å². The van der Waals surface area contributed by atoms with Crippen molar-refractivity contribution in [2.24, 2.45) is 16.7 Å². The highest BCUT2D eigenvalue weighted by Crippen LogP contribution is 2.59. The summed E-state index contributed by atoms with van der Waals surface area (Å²) in [5.74, 6) is 0.313. The summed E-state index contributed by atoms with van der Waals surface area (Å²) in [4.78, 5) is 12.4. The molecule has 2 heteroatoms. The molecule has 2 bridgehead atoms. The van der Waals surface area contributed by atoms with Crippen molar-refractivity contribution in [2.45, 2.75) is 84.2 Å². The highest BCUT2D eigenvalue weighted by molar-refractivity contribution is 5.72. The molecule has 3 saturated carbocycles. The smallest absolute Gasteiger partial charge is 0.309 e. The number of carbonyl (C=O) groups excluding carboxylic acids is 1. The molecule has 3 atom stereocenters. The van der Waals surface area contributed by atoms with Crippen LogP contribution in [0.3, 0.4) is 0 Å². The van der Waals surface area contributed by atoms with Crippen LogP contribution in [0.1, 0.15) is 78.1 Å². The van der Waals surface area contributed by atoms with Gasteiger partial charge in [0.05, 0.1) is 5.92 Å². The average molecular weight is 264 g/mol. The largest absolute Gasteiger partial charge is 0.462 e. The van der Waals surface area contributed by atoms with Crippen LogP contribution in [-0.2, 0) is 9.53 Å². The third-order valence-electron chi connectivity index (χ3n) is 6.01. The Morgan fingerprint density at radius 2 is 1.79 bits per heavy atom. The van der Waals surface area contributed by atoms with Crippen molar-refractivity contribution in [2.75, 3.05) is 0 Å². The fourth-order valence-corrected chi connectivity index (χ4v) is 4.97. The van der Waals surface area contributed by atoms with Crippen LogP contribution in [0.15, 0.2) is 0 Å². The van der Waals surface area contributed by atoms with Crippen molar-refractivity contribution in [1.29, 1.82) is 0 Å². The number of rotatable bonds is 2. The number of ether oxygens (including phenoxy) is 1. The second-order valence-corrected chi connectivity index (χ2v) is 7.96. The summed E-state index contributed by atoms with van der Waals surface area (Å²) in [7, 11) is 0. The molecule has 0 radical (unpaired) electrons. The Balaban J connectivity index is 1.64. The number of hydrogen-bond donors (Lipinski definition) is 0. The number of fused-ring (bicyclic) bond motifs is 2. The molecule has 0 N–H and O–H groups in total. The summed E-state index contributed by atoms with van der Waals surface area (Å²) in [6.45, 7) is 4.73. The first kappa shape index (κ1) is 13.5. The van der Waals surface area contributed by atoms with Gasteiger partial charge in [-0.25, -0.2) is 0 Å². The van der Waals surface area contributed by atoms with Crippen LogP contribution >= 0.6 is 0 Å². The van der Waals surface area contributed by atoms with E-state index in [2.05, 4.69) is 13.8 Å². The molecule has 0 aliphatic heterocycles. The van der Waals surface area contributed by atoms with Crippen molar-refractivity contribution in [1.82, 2.24) is 0 Å². The van der Waals surface area contributed by atoms with E-state index in [9.17, 15) is 4.79 Å². The lowest BCUT2D eigenvalue weighted by Crippen LogP contribution is -2.34. The van der Waals surface area contributed by atoms with E-state index in [4.69, 9.17) is 4.74 Å². The van der Waals surface area contributed by atoms with E-state index in [1.165, 1.54) is 44.9 Å². The Morgan fingerprint density at radius 3 is 2.47 bits per heavy atom. The minimum Gasteiger partial charge on any atom is -0.462 e. The Kier molecular flexibility index (Phi) is 3.39. The van der Waals surface area contributed by atoms with Gasteiger partial charge in [0.1, 0.15) is 6.10 Å². The maximum absolute atomic E-state index is 12.4. The fourth-order valence-electron chi connectivity index (χ4n) is 4.97. The predicted octanol–water partition coefficient (Wildman–Crippen LogP) is 4.47. The zero-order valence-corrected chi connectivity index (χ0v) is 12.5. The monoisotopic (exact) mass is 264 g/mol. The first-order valence-corrected chi connectivity index (χ1v) is 8.21. The van der Waals surface area contributed by atoms with E-state index in [-0.39, 0.29) is 23.4 Å². The molecular formula is C17H28O2. The lowest BCUT2D eigenvalue weighted by atomic mass is 9.71. The number of esters is 1. The van der Waals surface area contributed by atoms with Gasteiger partial charge in [0, 0.05) is 5.41 Å². The van der Waals surface area contributed by atoms with E-state index in [1.54, 1.807) is 0 Å². The summed E-state index contributed by atoms with van der Waals surface area (Å²) in [6, 6.07) is 0. The summed E-state index contributed by atoms with van der Waals surface area (Å²) in [6.07, 6.45) is 12.2. The zero-order chi connectivity index (χ0) is 13.5. The maximum Gasteiger partial charge on any atom is 0.309 e. The lowest BCUT2D eigenvalue weighted by molar-refractivity contribution is -0.160. The van der Waals surface area contributed by atoms with E-state index in [0.717, 1.165) is 19.3 Å². The predicted molar refractivity (Wildman–Crippen MR) is 75.8 cm³/mol. The molecule has 0 aromatic heterocycles. The molecule has 0 aromatic carbocycles. The molecule has 0 aromatic rings. The summed E-state index contributed by atoms with van der Waals surface area (Å²) >= 11 is 0. The molecule has 0 spiro atoms. The Morgan fingerprint density at radius 1 is 1.05 bits per heavy atom. The van der Waals surface area contributed by atoms with Crippen LogP contribution in [0.25, 0.3) is 0 Å². The van der Waals surface area contributed by atoms with Crippen molar-refractivity contribution in [3.8, 4) is 0 Å². The molecule has 0 heterocycles. The van der Waals surface area contributed by atoms with Crippen molar-refractivity contribution in [3.63, 3.8) is 0 Å². The van der Waals surface area contributed by atoms with Gasteiger partial charge in [-0.3, -0.25) is 4.79 Å². The second-order valence-electron chi connectivity index (χ2n) is 7.96. The Labute approximate surface area is 117 Å². The highest BCUT2D eigenvalue weighted by atomic mass is 16.5. The summed E-state index contributed by atoms with van der Waals surface area (Å²) < 4.78 is 5.99. The Hall–Kier alpha value is -0.530. The molecule has 2 nitrogen and oxygen atoms in total. The van der Waals surface area contributed by atoms with Gasteiger partial charge in [0.2, 0.25) is 0 Å². The molecule has 3 rings (SSSR count). The minimum absolute atomic E-state index is 0.113. The van der Waals surface area contributed by atoms with E-state index < -0.39 is 0 Å². The zero-order valence-electron chi connectivity index (χ0n) is 12.5. The van der Waals surface area contributed by atoms with Gasteiger partial charge in [-0.2, -0.15) is 0 Å². The van der Waals surface area contributed by atoms with Gasteiger partial charge in [-0.1, -0.05) is 39.5 Å². The summed E-state index contributed by atoms with van der Waals surface area (Å²) in [5.41, 5.74) is 0.696. The second kappa shape index (κ2) is 4.79. The van der Waals surface area contributed by atoms with Crippen molar-refractivity contribution < 1.29 is 9.53 Å². The van der Waals surface area contributed by atoms with Crippen molar-refractivity contribution in [3.05, 3.63) is 0 Å². The average Bonchev–Trinajstić information content (AvgIpc) is 2.55. The molecule has 108 valence electrons. The molecule has 0 amide bonds. The van der Waals surface area contributed by atoms with Crippen LogP contribution in [0.2, 0.25) is 0 Å². The van der Waals surface area contributed by atoms with Crippen LogP contribution in [0.4, 0.5) is 0 Å². The minimum atomic E-state index is 0.113. The first-order chi connectivity index (χ1) is 9.01. The third kappa shape index (κ3) is 2.55. The standard InChI is InChI=1S/C17H28O2/c1-16-9-6-10-17(2,12-16)14(11-16)19-15(18)13-7-4-3-5-8-13/h13-14H,3-12H2,1-2H3. The fraction of sp³-hybridized carbons (Fsp3) is 0.941. The van der Waals surface area contributed by atoms with Gasteiger partial charge in [-0.05, 0) is 43.9 Å². The molecule has 0 saturated heterocycles. The topological polar surface area (TPSA) is 26.3 Å². The molecule has 3 aliphatic rings. The van der Waals surface area contributed by atoms with Crippen LogP contribution in [-0.4, -0.2) is 12.1 Å². The quantitative estimate of drug-likeness (QED) is 0.688. The van der Waals surface area contributed by atoms with Crippen LogP contribution in [0, 0.1) is 16.7 Å². The van der Waals surface area contributed by atoms with Gasteiger partial charge in [0.25, 0.3) is 0 Å². The molecule has 19 heavy (non-hydrogen) atoms. The molecule has 3 unspecified atom stereocenters. The lowest BCUT2D eigenvalue weighted by Gasteiger charge is -2.36. The molecule has 3 aliphatic carbocycles. The van der Waals surface area contributed by atoms with E-state index in [0.29, 0.717) is 5.41 Å². The molecular weight excluding hydrogens is 236 g/mol. The van der Waals surface area contributed by atoms with Crippen LogP contribution < -0.4 is 0 Å². The number of carbonyl (C=O) groups is 1. The third-order valence-corrected chi connectivity index (χ3v) is 6.01. The SMILES string of the molecule is CC12CCCC(C)(C1)C(OC(=O)C1CCCCC1)C2. The first-order valence-electron chi connectivity index (χ1n) is 8.21. The van der Waals surface area contributed by atoms with E-state index >= 15 is 0 Å². The van der Waals surface area contributed by atoms with Gasteiger partial charge in [-0.15, -0.1) is 0 Å². The summed E-state index contributed by atoms with van der Waals surface area (Å²) in [5, 5.41) is 0. The maximum atomic E-state index is 12.4. The van der Waals surface area contributed by atoms with E-state index in [1.807, 2.05) is 0 Å². The number of hydrogen-bond acceptors (Lipinski definition) is 2. The Bertz CT molecular complexity index is 358. The van der Waals surface area contributed by atoms with Gasteiger partial charge >= 0.3 is 5.97 Å². The van der Waals surface area contributed by atoms with Gasteiger partial charge < -0.3 is 4.74 Å². The van der Waals surface area contributed by atoms with Crippen LogP contribution in [0.5, 0.6) is 0 Å². The highest BCUT2D eigenvalue weighted by Gasteiger charge is 2.54.